The molecule has 164 valence electrons. The van der Waals surface area contributed by atoms with E-state index in [9.17, 15) is 4.79 Å². The maximum Gasteiger partial charge on any atom is 0.290 e. The van der Waals surface area contributed by atoms with Crippen molar-refractivity contribution in [2.24, 2.45) is 5.92 Å². The molecule has 3 aromatic carbocycles. The van der Waals surface area contributed by atoms with Crippen molar-refractivity contribution in [3.05, 3.63) is 102 Å². The van der Waals surface area contributed by atoms with Gasteiger partial charge in [0.15, 0.2) is 0 Å². The lowest BCUT2D eigenvalue weighted by Crippen LogP contribution is -2.53. The number of anilines is 1. The number of carbonyl (C=O) groups is 2. The average molecular weight is 429 g/mol. The SMILES string of the molecule is O=C1[C@H]2[C@@H](CCN1c1ccccc1)C[C@H](c1ccccc1)N2Cc1ccccc1.O=CO. The molecule has 2 aliphatic rings. The first-order valence-electron chi connectivity index (χ1n) is 11.0. The summed E-state index contributed by atoms with van der Waals surface area (Å²) in [4.78, 5) is 26.5. The number of amides is 1. The predicted octanol–water partition coefficient (Wildman–Crippen LogP) is 4.76. The van der Waals surface area contributed by atoms with Crippen LogP contribution in [0.3, 0.4) is 0 Å². The number of piperidine rings is 1. The molecule has 2 heterocycles. The summed E-state index contributed by atoms with van der Waals surface area (Å²) in [5.74, 6) is 0.665. The largest absolute Gasteiger partial charge is 0.483 e. The number of rotatable bonds is 4. The molecule has 2 fully saturated rings. The van der Waals surface area contributed by atoms with Crippen molar-refractivity contribution in [3.63, 3.8) is 0 Å². The first kappa shape index (κ1) is 21.8. The summed E-state index contributed by atoms with van der Waals surface area (Å²) in [6, 6.07) is 31.6. The lowest BCUT2D eigenvalue weighted by molar-refractivity contribution is -0.126. The van der Waals surface area contributed by atoms with Crippen molar-refractivity contribution in [2.45, 2.75) is 31.5 Å². The monoisotopic (exact) mass is 428 g/mol. The molecule has 5 heteroatoms. The molecule has 0 spiro atoms. The van der Waals surface area contributed by atoms with Crippen LogP contribution in [0.5, 0.6) is 0 Å². The molecule has 5 rings (SSSR count). The lowest BCUT2D eigenvalue weighted by Gasteiger charge is -2.38. The van der Waals surface area contributed by atoms with Crippen LogP contribution in [0.4, 0.5) is 5.69 Å². The molecular weight excluding hydrogens is 400 g/mol. The Bertz CT molecular complexity index is 1010. The Morgan fingerprint density at radius 2 is 1.44 bits per heavy atom. The highest BCUT2D eigenvalue weighted by Gasteiger charge is 2.49. The van der Waals surface area contributed by atoms with Gasteiger partial charge in [-0.05, 0) is 42.0 Å². The number of hydrogen-bond acceptors (Lipinski definition) is 3. The predicted molar refractivity (Wildman–Crippen MR) is 125 cm³/mol. The summed E-state index contributed by atoms with van der Waals surface area (Å²) < 4.78 is 0. The number of carboxylic acid groups (broad SMARTS) is 1. The van der Waals surface area contributed by atoms with Gasteiger partial charge < -0.3 is 10.0 Å². The minimum atomic E-state index is -0.250. The molecule has 1 N–H and O–H groups in total. The van der Waals surface area contributed by atoms with Crippen LogP contribution in [0.15, 0.2) is 91.0 Å². The van der Waals surface area contributed by atoms with Gasteiger partial charge >= 0.3 is 0 Å². The van der Waals surface area contributed by atoms with Gasteiger partial charge in [-0.2, -0.15) is 0 Å². The molecule has 0 aromatic heterocycles. The fraction of sp³-hybridized carbons (Fsp3) is 0.259. The number of benzene rings is 3. The normalized spacial score (nSPS) is 22.6. The van der Waals surface area contributed by atoms with Gasteiger partial charge in [0.1, 0.15) is 0 Å². The summed E-state index contributed by atoms with van der Waals surface area (Å²) in [5, 5.41) is 6.89. The Morgan fingerprint density at radius 3 is 2.06 bits per heavy atom. The fourth-order valence-corrected chi connectivity index (χ4v) is 5.07. The lowest BCUT2D eigenvalue weighted by atomic mass is 9.89. The fourth-order valence-electron chi connectivity index (χ4n) is 5.07. The van der Waals surface area contributed by atoms with Gasteiger partial charge in [0.2, 0.25) is 5.91 Å². The quantitative estimate of drug-likeness (QED) is 0.609. The van der Waals surface area contributed by atoms with Gasteiger partial charge in [-0.25, -0.2) is 0 Å². The van der Waals surface area contributed by atoms with E-state index < -0.39 is 0 Å². The topological polar surface area (TPSA) is 60.9 Å². The molecule has 0 bridgehead atoms. The second kappa shape index (κ2) is 10.2. The highest BCUT2D eigenvalue weighted by molar-refractivity contribution is 5.98. The molecule has 3 atom stereocenters. The first-order valence-corrected chi connectivity index (χ1v) is 11.0. The van der Waals surface area contributed by atoms with Gasteiger partial charge in [-0.1, -0.05) is 78.9 Å². The Kier molecular flexibility index (Phi) is 6.97. The number of carbonyl (C=O) groups excluding carboxylic acids is 1. The molecule has 0 radical (unpaired) electrons. The van der Waals surface area contributed by atoms with E-state index >= 15 is 0 Å². The first-order chi connectivity index (χ1) is 15.7. The molecule has 32 heavy (non-hydrogen) atoms. The summed E-state index contributed by atoms with van der Waals surface area (Å²) in [6.45, 7) is 1.36. The van der Waals surface area contributed by atoms with Crippen LogP contribution in [0.1, 0.15) is 30.0 Å². The molecule has 1 amide bonds. The molecule has 3 aromatic rings. The van der Waals surface area contributed by atoms with Gasteiger partial charge in [-0.3, -0.25) is 14.5 Å². The number of para-hydroxylation sites is 1. The van der Waals surface area contributed by atoms with E-state index in [1.165, 1.54) is 11.1 Å². The van der Waals surface area contributed by atoms with Crippen molar-refractivity contribution in [1.82, 2.24) is 4.90 Å². The standard InChI is InChI=1S/C26H26N2O.CH2O2/c29-26-25-22(16-17-27(26)23-14-8-3-9-15-23)18-24(21-12-6-2-7-13-21)28(25)19-20-10-4-1-5-11-20;2-1-3/h1-15,22,24-25H,16-19H2;1H,(H,2,3)/t22-,24+,25+;/m0./s1. The van der Waals surface area contributed by atoms with Crippen LogP contribution in [0.25, 0.3) is 0 Å². The van der Waals surface area contributed by atoms with Crippen LogP contribution in [-0.2, 0) is 16.1 Å². The molecular formula is C27H28N2O3. The second-order valence-corrected chi connectivity index (χ2v) is 8.24. The number of hydrogen-bond donors (Lipinski definition) is 1. The van der Waals surface area contributed by atoms with Crippen molar-refractivity contribution < 1.29 is 14.7 Å². The molecule has 0 unspecified atom stereocenters. The number of likely N-dealkylation sites (tertiary alicyclic amines) is 1. The highest BCUT2D eigenvalue weighted by atomic mass is 16.3. The zero-order chi connectivity index (χ0) is 22.3. The zero-order valence-electron chi connectivity index (χ0n) is 18.0. The van der Waals surface area contributed by atoms with Crippen LogP contribution >= 0.6 is 0 Å². The summed E-state index contributed by atoms with van der Waals surface area (Å²) >= 11 is 0. The maximum atomic E-state index is 13.7. The minimum Gasteiger partial charge on any atom is -0.483 e. The van der Waals surface area contributed by atoms with E-state index in [-0.39, 0.29) is 24.5 Å². The van der Waals surface area contributed by atoms with Gasteiger partial charge in [0, 0.05) is 24.8 Å². The minimum absolute atomic E-state index is 0.0608. The van der Waals surface area contributed by atoms with Crippen molar-refractivity contribution >= 4 is 18.1 Å². The van der Waals surface area contributed by atoms with Gasteiger partial charge in [-0.15, -0.1) is 0 Å². The smallest absolute Gasteiger partial charge is 0.290 e. The van der Waals surface area contributed by atoms with E-state index in [4.69, 9.17) is 9.90 Å². The van der Waals surface area contributed by atoms with Crippen molar-refractivity contribution in [2.75, 3.05) is 11.4 Å². The molecule has 0 saturated carbocycles. The average Bonchev–Trinajstić information content (AvgIpc) is 3.21. The van der Waals surface area contributed by atoms with E-state index in [2.05, 4.69) is 59.5 Å². The van der Waals surface area contributed by atoms with Crippen molar-refractivity contribution in [1.29, 1.82) is 0 Å². The third kappa shape index (κ3) is 4.58. The maximum absolute atomic E-state index is 13.7. The van der Waals surface area contributed by atoms with E-state index in [0.29, 0.717) is 5.92 Å². The number of nitrogens with zero attached hydrogens (tertiary/aromatic N) is 2. The van der Waals surface area contributed by atoms with Crippen LogP contribution in [0.2, 0.25) is 0 Å². The van der Waals surface area contributed by atoms with Crippen molar-refractivity contribution in [3.8, 4) is 0 Å². The summed E-state index contributed by atoms with van der Waals surface area (Å²) in [6.07, 6.45) is 2.11. The Hall–Kier alpha value is -3.44. The molecule has 2 saturated heterocycles. The zero-order valence-corrected chi connectivity index (χ0v) is 18.0. The van der Waals surface area contributed by atoms with E-state index in [1.54, 1.807) is 0 Å². The van der Waals surface area contributed by atoms with E-state index in [1.807, 2.05) is 41.3 Å². The number of fused-ring (bicyclic) bond motifs is 1. The van der Waals surface area contributed by atoms with Crippen LogP contribution in [0, 0.1) is 5.92 Å². The second-order valence-electron chi connectivity index (χ2n) is 8.24. The third-order valence-electron chi connectivity index (χ3n) is 6.43. The van der Waals surface area contributed by atoms with Crippen LogP contribution in [-0.4, -0.2) is 35.0 Å². The van der Waals surface area contributed by atoms with E-state index in [0.717, 1.165) is 31.6 Å². The highest BCUT2D eigenvalue weighted by Crippen LogP contribution is 2.45. The van der Waals surface area contributed by atoms with Gasteiger partial charge in [0.05, 0.1) is 6.04 Å². The Labute approximate surface area is 188 Å². The third-order valence-corrected chi connectivity index (χ3v) is 6.43. The molecule has 2 aliphatic heterocycles. The molecule has 0 aliphatic carbocycles. The van der Waals surface area contributed by atoms with Gasteiger partial charge in [0.25, 0.3) is 6.47 Å². The Balaban J connectivity index is 0.000000775. The summed E-state index contributed by atoms with van der Waals surface area (Å²) in [5.41, 5.74) is 3.59. The Morgan fingerprint density at radius 1 is 0.875 bits per heavy atom. The molecule has 5 nitrogen and oxygen atoms in total. The summed E-state index contributed by atoms with van der Waals surface area (Å²) in [7, 11) is 0. The van der Waals surface area contributed by atoms with Crippen LogP contribution < -0.4 is 4.90 Å².